The van der Waals surface area contributed by atoms with E-state index in [-0.39, 0.29) is 6.04 Å². The first-order valence-corrected chi connectivity index (χ1v) is 15.2. The van der Waals surface area contributed by atoms with Crippen molar-refractivity contribution in [2.75, 3.05) is 20.2 Å². The highest BCUT2D eigenvalue weighted by atomic mass is 32.1. The molecule has 3 aromatic carbocycles. The quantitative estimate of drug-likeness (QED) is 0.172. The zero-order chi connectivity index (χ0) is 28.7. The topological polar surface area (TPSA) is 79.8 Å². The molecule has 3 heterocycles. The molecule has 7 nitrogen and oxygen atoms in total. The highest BCUT2D eigenvalue weighted by Crippen LogP contribution is 2.27. The van der Waals surface area contributed by atoms with Crippen molar-refractivity contribution in [3.05, 3.63) is 113 Å². The summed E-state index contributed by atoms with van der Waals surface area (Å²) in [5, 5.41) is 18.1. The number of fused-ring (bicyclic) bond motifs is 1. The number of H-pyrrole nitrogens is 1. The SMILES string of the molecule is COc1ccc(Cn2c(CCc3ccccc3)nnc2[C@@H](Cc2c[nH]c3ccccc23)NC(=S)C2CCNCC2)cc1. The molecule has 6 rings (SSSR count). The molecule has 0 unspecified atom stereocenters. The number of aromatic nitrogens is 4. The number of aromatic amines is 1. The molecule has 42 heavy (non-hydrogen) atoms. The van der Waals surface area contributed by atoms with Gasteiger partial charge in [0.25, 0.3) is 0 Å². The van der Waals surface area contributed by atoms with Crippen LogP contribution in [0.25, 0.3) is 10.9 Å². The van der Waals surface area contributed by atoms with E-state index in [2.05, 4.69) is 93.1 Å². The minimum Gasteiger partial charge on any atom is -0.497 e. The molecule has 1 atom stereocenters. The highest BCUT2D eigenvalue weighted by Gasteiger charge is 2.27. The number of rotatable bonds is 11. The maximum Gasteiger partial charge on any atom is 0.156 e. The molecule has 0 amide bonds. The van der Waals surface area contributed by atoms with Crippen LogP contribution < -0.4 is 15.4 Å². The number of methoxy groups -OCH3 is 1. The van der Waals surface area contributed by atoms with E-state index in [4.69, 9.17) is 27.2 Å². The number of hydrogen-bond donors (Lipinski definition) is 3. The molecule has 5 aromatic rings. The van der Waals surface area contributed by atoms with Crippen molar-refractivity contribution in [3.8, 4) is 5.75 Å². The Balaban J connectivity index is 1.36. The predicted molar refractivity (Wildman–Crippen MR) is 172 cm³/mol. The van der Waals surface area contributed by atoms with Crippen LogP contribution in [-0.2, 0) is 25.8 Å². The number of aryl methyl sites for hydroxylation is 2. The average molecular weight is 579 g/mol. The van der Waals surface area contributed by atoms with Crippen molar-refractivity contribution in [1.82, 2.24) is 30.4 Å². The molecule has 1 aliphatic heterocycles. The molecule has 0 spiro atoms. The summed E-state index contributed by atoms with van der Waals surface area (Å²) in [6, 6.07) is 27.2. The van der Waals surface area contributed by atoms with Gasteiger partial charge < -0.3 is 24.9 Å². The molecule has 3 N–H and O–H groups in total. The molecule has 8 heteroatoms. The molecular formula is C34H38N6OS. The van der Waals surface area contributed by atoms with E-state index in [9.17, 15) is 0 Å². The van der Waals surface area contributed by atoms with E-state index in [0.29, 0.717) is 12.5 Å². The predicted octanol–water partition coefficient (Wildman–Crippen LogP) is 5.80. The molecule has 216 valence electrons. The van der Waals surface area contributed by atoms with Gasteiger partial charge in [-0.25, -0.2) is 0 Å². The Morgan fingerprint density at radius 1 is 0.952 bits per heavy atom. The van der Waals surface area contributed by atoms with Crippen molar-refractivity contribution in [2.24, 2.45) is 5.92 Å². The molecule has 0 aliphatic carbocycles. The minimum atomic E-state index is -0.122. The number of benzene rings is 3. The molecule has 1 saturated heterocycles. The lowest BCUT2D eigenvalue weighted by atomic mass is 9.96. The van der Waals surface area contributed by atoms with Gasteiger partial charge in [-0.05, 0) is 67.2 Å². The van der Waals surface area contributed by atoms with Gasteiger partial charge in [0.2, 0.25) is 0 Å². The first-order chi connectivity index (χ1) is 20.7. The third kappa shape index (κ3) is 6.55. The summed E-state index contributed by atoms with van der Waals surface area (Å²) in [6.45, 7) is 2.66. The van der Waals surface area contributed by atoms with Crippen LogP contribution in [0.2, 0.25) is 0 Å². The van der Waals surface area contributed by atoms with Crippen LogP contribution in [0, 0.1) is 5.92 Å². The second-order valence-corrected chi connectivity index (χ2v) is 11.5. The van der Waals surface area contributed by atoms with Crippen molar-refractivity contribution in [3.63, 3.8) is 0 Å². The number of nitrogens with zero attached hydrogens (tertiary/aromatic N) is 3. The van der Waals surface area contributed by atoms with E-state index in [0.717, 1.165) is 73.1 Å². The van der Waals surface area contributed by atoms with Gasteiger partial charge in [0.15, 0.2) is 5.82 Å². The fourth-order valence-electron chi connectivity index (χ4n) is 5.88. The average Bonchev–Trinajstić information content (AvgIpc) is 3.64. The summed E-state index contributed by atoms with van der Waals surface area (Å²) < 4.78 is 7.70. The van der Waals surface area contributed by atoms with Crippen LogP contribution in [-0.4, -0.2) is 44.9 Å². The zero-order valence-corrected chi connectivity index (χ0v) is 24.9. The van der Waals surface area contributed by atoms with Crippen molar-refractivity contribution < 1.29 is 4.74 Å². The van der Waals surface area contributed by atoms with Gasteiger partial charge in [-0.15, -0.1) is 10.2 Å². The first-order valence-electron chi connectivity index (χ1n) is 14.8. The van der Waals surface area contributed by atoms with Crippen LogP contribution in [0.4, 0.5) is 0 Å². The van der Waals surface area contributed by atoms with E-state index >= 15 is 0 Å². The van der Waals surface area contributed by atoms with Crippen LogP contribution in [0.5, 0.6) is 5.75 Å². The van der Waals surface area contributed by atoms with Crippen LogP contribution in [0.1, 0.15) is 47.2 Å². The van der Waals surface area contributed by atoms with Gasteiger partial charge >= 0.3 is 0 Å². The monoisotopic (exact) mass is 578 g/mol. The van der Waals surface area contributed by atoms with Crippen molar-refractivity contribution in [1.29, 1.82) is 0 Å². The Hall–Kier alpha value is -4.01. The summed E-state index contributed by atoms with van der Waals surface area (Å²) in [5.74, 6) is 3.10. The fraction of sp³-hybridized carbons (Fsp3) is 0.324. The third-order valence-electron chi connectivity index (χ3n) is 8.27. The number of nitrogens with one attached hydrogen (secondary N) is 3. The fourth-order valence-corrected chi connectivity index (χ4v) is 6.26. The Labute approximate surface area is 252 Å². The number of ether oxygens (including phenoxy) is 1. The van der Waals surface area contributed by atoms with E-state index in [1.54, 1.807) is 7.11 Å². The van der Waals surface area contributed by atoms with E-state index in [1.165, 1.54) is 22.1 Å². The first kappa shape index (κ1) is 28.1. The second-order valence-electron chi connectivity index (χ2n) is 11.0. The Kier molecular flexibility index (Phi) is 8.92. The van der Waals surface area contributed by atoms with Crippen molar-refractivity contribution >= 4 is 28.1 Å². The summed E-state index contributed by atoms with van der Waals surface area (Å²) in [6.07, 6.45) is 6.66. The number of piperidine rings is 1. The Bertz CT molecular complexity index is 1600. The lowest BCUT2D eigenvalue weighted by Gasteiger charge is -2.28. The van der Waals surface area contributed by atoms with Crippen LogP contribution >= 0.6 is 12.2 Å². The number of thiocarbonyl (C=S) groups is 1. The number of para-hydroxylation sites is 1. The smallest absolute Gasteiger partial charge is 0.156 e. The molecule has 0 radical (unpaired) electrons. The maximum atomic E-state index is 6.05. The Morgan fingerprint density at radius 2 is 1.71 bits per heavy atom. The van der Waals surface area contributed by atoms with Crippen molar-refractivity contribution in [2.45, 2.75) is 44.7 Å². The summed E-state index contributed by atoms with van der Waals surface area (Å²) >= 11 is 6.05. The molecule has 2 aromatic heterocycles. The third-order valence-corrected chi connectivity index (χ3v) is 8.72. The summed E-state index contributed by atoms with van der Waals surface area (Å²) in [7, 11) is 1.70. The molecule has 0 bridgehead atoms. The second kappa shape index (κ2) is 13.3. The standard InChI is InChI=1S/C34H38N6OS/c1-41-28-14-11-25(12-15-28)23-40-32(16-13-24-7-3-2-4-8-24)38-39-33(40)31(37-34(42)26-17-19-35-20-18-26)21-27-22-36-30-10-6-5-9-29(27)30/h2-12,14-15,22,26,31,35-36H,13,16-21,23H2,1H3,(H,37,42)/t31-/m1/s1. The lowest BCUT2D eigenvalue weighted by Crippen LogP contribution is -2.40. The van der Waals surface area contributed by atoms with Crippen LogP contribution in [0.15, 0.2) is 85.1 Å². The van der Waals surface area contributed by atoms with Gasteiger partial charge in [0, 0.05) is 35.9 Å². The van der Waals surface area contributed by atoms with Gasteiger partial charge in [-0.1, -0.05) is 72.9 Å². The zero-order valence-electron chi connectivity index (χ0n) is 24.1. The molecule has 1 fully saturated rings. The van der Waals surface area contributed by atoms with Gasteiger partial charge in [0.1, 0.15) is 11.6 Å². The van der Waals surface area contributed by atoms with E-state index in [1.807, 2.05) is 12.1 Å². The minimum absolute atomic E-state index is 0.122. The molecular weight excluding hydrogens is 540 g/mol. The van der Waals surface area contributed by atoms with Gasteiger partial charge in [-0.2, -0.15) is 0 Å². The van der Waals surface area contributed by atoms with Gasteiger partial charge in [-0.3, -0.25) is 0 Å². The largest absolute Gasteiger partial charge is 0.497 e. The lowest BCUT2D eigenvalue weighted by molar-refractivity contribution is 0.414. The Morgan fingerprint density at radius 3 is 2.50 bits per heavy atom. The number of hydrogen-bond acceptors (Lipinski definition) is 5. The van der Waals surface area contributed by atoms with Gasteiger partial charge in [0.05, 0.1) is 24.7 Å². The summed E-state index contributed by atoms with van der Waals surface area (Å²) in [5.41, 5.74) is 4.83. The normalized spacial score (nSPS) is 14.6. The molecule has 1 aliphatic rings. The molecule has 0 saturated carbocycles. The maximum absolute atomic E-state index is 6.05. The highest BCUT2D eigenvalue weighted by molar-refractivity contribution is 7.80. The van der Waals surface area contributed by atoms with E-state index < -0.39 is 0 Å². The van der Waals surface area contributed by atoms with Crippen LogP contribution in [0.3, 0.4) is 0 Å². The summed E-state index contributed by atoms with van der Waals surface area (Å²) in [4.78, 5) is 4.37.